The van der Waals surface area contributed by atoms with Gasteiger partial charge in [-0.15, -0.1) is 0 Å². The molecule has 0 aromatic heterocycles. The lowest BCUT2D eigenvalue weighted by Crippen LogP contribution is -2.46. The van der Waals surface area contributed by atoms with E-state index in [1.54, 1.807) is 0 Å². The van der Waals surface area contributed by atoms with Gasteiger partial charge in [-0.05, 0) is 47.1 Å². The van der Waals surface area contributed by atoms with Crippen LogP contribution in [0.3, 0.4) is 0 Å². The van der Waals surface area contributed by atoms with E-state index in [9.17, 15) is 0 Å². The van der Waals surface area contributed by atoms with Crippen LogP contribution in [0.1, 0.15) is 18.9 Å². The highest BCUT2D eigenvalue weighted by atomic mass is 79.9. The van der Waals surface area contributed by atoms with Crippen molar-refractivity contribution in [1.82, 2.24) is 4.90 Å². The molecule has 104 valence electrons. The van der Waals surface area contributed by atoms with E-state index < -0.39 is 0 Å². The highest BCUT2D eigenvalue weighted by Gasteiger charge is 2.18. The maximum absolute atomic E-state index is 7.46. The first-order chi connectivity index (χ1) is 9.11. The lowest BCUT2D eigenvalue weighted by molar-refractivity contribution is 0.258. The van der Waals surface area contributed by atoms with Gasteiger partial charge in [0.1, 0.15) is 5.84 Å². The van der Waals surface area contributed by atoms with Crippen molar-refractivity contribution in [3.8, 4) is 0 Å². The van der Waals surface area contributed by atoms with Crippen molar-refractivity contribution in [3.05, 3.63) is 28.2 Å². The fourth-order valence-electron chi connectivity index (χ4n) is 2.46. The normalized spacial score (nSPS) is 16.6. The SMILES string of the molecule is CCCN1CCN(c2ccc(C(=N)N)cc2Br)CC1. The van der Waals surface area contributed by atoms with Crippen LogP contribution in [0.15, 0.2) is 22.7 Å². The van der Waals surface area contributed by atoms with Gasteiger partial charge in [-0.25, -0.2) is 0 Å². The van der Waals surface area contributed by atoms with E-state index in [1.165, 1.54) is 18.7 Å². The summed E-state index contributed by atoms with van der Waals surface area (Å²) in [5, 5.41) is 7.46. The number of halogens is 1. The molecule has 1 aliphatic heterocycles. The number of nitrogens with zero attached hydrogens (tertiary/aromatic N) is 2. The van der Waals surface area contributed by atoms with E-state index in [0.717, 1.165) is 36.2 Å². The Morgan fingerprint density at radius 3 is 2.53 bits per heavy atom. The topological polar surface area (TPSA) is 56.4 Å². The molecule has 0 bridgehead atoms. The lowest BCUT2D eigenvalue weighted by atomic mass is 10.1. The molecule has 1 aliphatic rings. The number of amidine groups is 1. The Bertz CT molecular complexity index is 453. The quantitative estimate of drug-likeness (QED) is 0.659. The minimum Gasteiger partial charge on any atom is -0.384 e. The van der Waals surface area contributed by atoms with Crippen LogP contribution < -0.4 is 10.6 Å². The predicted molar refractivity (Wildman–Crippen MR) is 84.1 cm³/mol. The van der Waals surface area contributed by atoms with E-state index in [2.05, 4.69) is 38.7 Å². The largest absolute Gasteiger partial charge is 0.384 e. The summed E-state index contributed by atoms with van der Waals surface area (Å²) in [6.07, 6.45) is 1.22. The van der Waals surface area contributed by atoms with Crippen LogP contribution in [0.5, 0.6) is 0 Å². The zero-order valence-electron chi connectivity index (χ0n) is 11.3. The number of hydrogen-bond donors (Lipinski definition) is 2. The Kier molecular flexibility index (Phi) is 4.82. The highest BCUT2D eigenvalue weighted by Crippen LogP contribution is 2.28. The van der Waals surface area contributed by atoms with Gasteiger partial charge in [0.2, 0.25) is 0 Å². The molecule has 1 fully saturated rings. The third-order valence-corrected chi connectivity index (χ3v) is 4.15. The maximum atomic E-state index is 7.46. The van der Waals surface area contributed by atoms with Crippen molar-refractivity contribution < 1.29 is 0 Å². The molecule has 1 saturated heterocycles. The fourth-order valence-corrected chi connectivity index (χ4v) is 3.09. The summed E-state index contributed by atoms with van der Waals surface area (Å²) in [4.78, 5) is 4.90. The number of rotatable bonds is 4. The molecule has 19 heavy (non-hydrogen) atoms. The molecule has 1 aromatic carbocycles. The molecule has 0 aliphatic carbocycles. The predicted octanol–water partition coefficient (Wildman–Crippen LogP) is 2.27. The molecule has 0 spiro atoms. The summed E-state index contributed by atoms with van der Waals surface area (Å²) < 4.78 is 1.02. The third-order valence-electron chi connectivity index (χ3n) is 3.51. The van der Waals surface area contributed by atoms with Gasteiger partial charge < -0.3 is 10.6 Å². The van der Waals surface area contributed by atoms with Crippen LogP contribution >= 0.6 is 15.9 Å². The van der Waals surface area contributed by atoms with Gasteiger partial charge in [0.25, 0.3) is 0 Å². The Labute approximate surface area is 123 Å². The summed E-state index contributed by atoms with van der Waals surface area (Å²) >= 11 is 3.59. The Hall–Kier alpha value is -1.07. The number of anilines is 1. The molecule has 0 radical (unpaired) electrons. The van der Waals surface area contributed by atoms with Crippen molar-refractivity contribution in [2.24, 2.45) is 5.73 Å². The smallest absolute Gasteiger partial charge is 0.122 e. The Balaban J connectivity index is 2.05. The fraction of sp³-hybridized carbons (Fsp3) is 0.500. The van der Waals surface area contributed by atoms with Crippen LogP contribution in [0.25, 0.3) is 0 Å². The van der Waals surface area contributed by atoms with E-state index in [1.807, 2.05) is 12.1 Å². The molecular formula is C14H21BrN4. The summed E-state index contributed by atoms with van der Waals surface area (Å²) in [7, 11) is 0. The summed E-state index contributed by atoms with van der Waals surface area (Å²) in [5.74, 6) is 0.111. The van der Waals surface area contributed by atoms with Crippen molar-refractivity contribution in [2.45, 2.75) is 13.3 Å². The monoisotopic (exact) mass is 324 g/mol. The Morgan fingerprint density at radius 2 is 2.00 bits per heavy atom. The van der Waals surface area contributed by atoms with Crippen LogP contribution in [0, 0.1) is 5.41 Å². The van der Waals surface area contributed by atoms with E-state index in [4.69, 9.17) is 11.1 Å². The highest BCUT2D eigenvalue weighted by molar-refractivity contribution is 9.10. The number of hydrogen-bond acceptors (Lipinski definition) is 3. The van der Waals surface area contributed by atoms with Gasteiger partial charge in [-0.3, -0.25) is 10.3 Å². The van der Waals surface area contributed by atoms with Crippen LogP contribution in [0.4, 0.5) is 5.69 Å². The molecule has 0 atom stereocenters. The molecule has 0 saturated carbocycles. The minimum absolute atomic E-state index is 0.111. The Morgan fingerprint density at radius 1 is 1.32 bits per heavy atom. The van der Waals surface area contributed by atoms with Crippen molar-refractivity contribution >= 4 is 27.5 Å². The molecule has 5 heteroatoms. The number of piperazine rings is 1. The van der Waals surface area contributed by atoms with Gasteiger partial charge in [-0.2, -0.15) is 0 Å². The summed E-state index contributed by atoms with van der Waals surface area (Å²) in [6, 6.07) is 5.90. The molecule has 1 heterocycles. The van der Waals surface area contributed by atoms with Crippen LogP contribution in [-0.4, -0.2) is 43.5 Å². The number of benzene rings is 1. The van der Waals surface area contributed by atoms with Gasteiger partial charge >= 0.3 is 0 Å². The van der Waals surface area contributed by atoms with Gasteiger partial charge in [0.05, 0.1) is 5.69 Å². The number of nitrogen functional groups attached to an aromatic ring is 1. The molecule has 2 rings (SSSR count). The number of nitrogens with one attached hydrogen (secondary N) is 1. The first kappa shape index (κ1) is 14.3. The molecule has 4 nitrogen and oxygen atoms in total. The second-order valence-electron chi connectivity index (χ2n) is 4.91. The molecule has 0 unspecified atom stereocenters. The first-order valence-electron chi connectivity index (χ1n) is 6.73. The molecule has 0 amide bonds. The lowest BCUT2D eigenvalue weighted by Gasteiger charge is -2.36. The average molecular weight is 325 g/mol. The summed E-state index contributed by atoms with van der Waals surface area (Å²) in [5.41, 5.74) is 7.46. The second kappa shape index (κ2) is 6.39. The average Bonchev–Trinajstić information content (AvgIpc) is 2.40. The van der Waals surface area contributed by atoms with Crippen LogP contribution in [-0.2, 0) is 0 Å². The third kappa shape index (κ3) is 3.48. The van der Waals surface area contributed by atoms with Crippen molar-refractivity contribution in [3.63, 3.8) is 0 Å². The van der Waals surface area contributed by atoms with E-state index in [-0.39, 0.29) is 5.84 Å². The number of nitrogens with two attached hydrogens (primary N) is 1. The second-order valence-corrected chi connectivity index (χ2v) is 5.76. The molecular weight excluding hydrogens is 304 g/mol. The van der Waals surface area contributed by atoms with Crippen molar-refractivity contribution in [2.75, 3.05) is 37.6 Å². The zero-order chi connectivity index (χ0) is 13.8. The minimum atomic E-state index is 0.111. The van der Waals surface area contributed by atoms with Gasteiger partial charge in [0, 0.05) is 36.2 Å². The zero-order valence-corrected chi connectivity index (χ0v) is 12.9. The van der Waals surface area contributed by atoms with Gasteiger partial charge in [0.15, 0.2) is 0 Å². The standard InChI is InChI=1S/C14H21BrN4/c1-2-5-18-6-8-19(9-7-18)13-4-3-11(14(16)17)10-12(13)15/h3-4,10H,2,5-9H2,1H3,(H3,16,17). The van der Waals surface area contributed by atoms with Gasteiger partial charge in [-0.1, -0.05) is 6.92 Å². The molecule has 3 N–H and O–H groups in total. The van der Waals surface area contributed by atoms with Crippen molar-refractivity contribution in [1.29, 1.82) is 5.41 Å². The molecule has 1 aromatic rings. The van der Waals surface area contributed by atoms with Crippen LogP contribution in [0.2, 0.25) is 0 Å². The summed E-state index contributed by atoms with van der Waals surface area (Å²) in [6.45, 7) is 7.77. The first-order valence-corrected chi connectivity index (χ1v) is 7.52. The maximum Gasteiger partial charge on any atom is 0.122 e. The van der Waals surface area contributed by atoms with E-state index in [0.29, 0.717) is 0 Å². The van der Waals surface area contributed by atoms with E-state index >= 15 is 0 Å².